The van der Waals surface area contributed by atoms with Crippen molar-refractivity contribution in [1.29, 1.82) is 0 Å². The summed E-state index contributed by atoms with van der Waals surface area (Å²) in [6, 6.07) is 1.75. The summed E-state index contributed by atoms with van der Waals surface area (Å²) in [6.07, 6.45) is 0.796. The summed E-state index contributed by atoms with van der Waals surface area (Å²) in [6.45, 7) is 2.42. The number of nitrogens with zero attached hydrogens (tertiary/aromatic N) is 2. The van der Waals surface area contributed by atoms with Crippen molar-refractivity contribution in [2.24, 2.45) is 5.73 Å². The van der Waals surface area contributed by atoms with Crippen LogP contribution in [0, 0.1) is 0 Å². The van der Waals surface area contributed by atoms with Gasteiger partial charge >= 0.3 is 0 Å². The lowest BCUT2D eigenvalue weighted by molar-refractivity contribution is 0.394. The van der Waals surface area contributed by atoms with Gasteiger partial charge in [0.2, 0.25) is 5.88 Å². The van der Waals surface area contributed by atoms with Crippen LogP contribution in [0.4, 0.5) is 0 Å². The molecule has 0 aliphatic carbocycles. The highest BCUT2D eigenvalue weighted by atomic mass is 16.5. The van der Waals surface area contributed by atoms with E-state index < -0.39 is 0 Å². The lowest BCUT2D eigenvalue weighted by Crippen LogP contribution is -2.05. The molecular weight excluding hydrogens is 154 g/mol. The van der Waals surface area contributed by atoms with Crippen LogP contribution in [-0.4, -0.2) is 17.1 Å². The minimum absolute atomic E-state index is 0.423. The van der Waals surface area contributed by atoms with Crippen LogP contribution in [0.5, 0.6) is 5.88 Å². The lowest BCUT2D eigenvalue weighted by atomic mass is 10.3. The number of hydrogen-bond acceptors (Lipinski definition) is 4. The second-order valence-electron chi connectivity index (χ2n) is 2.38. The number of methoxy groups -OCH3 is 1. The van der Waals surface area contributed by atoms with Gasteiger partial charge in [0, 0.05) is 19.0 Å². The van der Waals surface area contributed by atoms with E-state index in [1.54, 1.807) is 13.2 Å². The topological polar surface area (TPSA) is 61.0 Å². The average molecular weight is 167 g/mol. The first-order valence-corrected chi connectivity index (χ1v) is 3.91. The van der Waals surface area contributed by atoms with Gasteiger partial charge in [-0.2, -0.15) is 4.98 Å². The fourth-order valence-corrected chi connectivity index (χ4v) is 0.892. The monoisotopic (exact) mass is 167 g/mol. The molecule has 1 rings (SSSR count). The minimum Gasteiger partial charge on any atom is -0.481 e. The number of aromatic nitrogens is 2. The van der Waals surface area contributed by atoms with E-state index in [4.69, 9.17) is 10.5 Å². The van der Waals surface area contributed by atoms with Crippen molar-refractivity contribution < 1.29 is 4.74 Å². The summed E-state index contributed by atoms with van der Waals surface area (Å²) >= 11 is 0. The molecule has 0 saturated heterocycles. The van der Waals surface area contributed by atoms with Crippen molar-refractivity contribution in [2.75, 3.05) is 7.11 Å². The van der Waals surface area contributed by atoms with Crippen LogP contribution in [0.1, 0.15) is 18.4 Å². The molecular formula is C8H13N3O. The van der Waals surface area contributed by atoms with E-state index in [-0.39, 0.29) is 0 Å². The molecule has 1 aromatic rings. The van der Waals surface area contributed by atoms with Crippen molar-refractivity contribution in [3.8, 4) is 5.88 Å². The first-order chi connectivity index (χ1) is 5.80. The maximum atomic E-state index is 5.45. The quantitative estimate of drug-likeness (QED) is 0.712. The van der Waals surface area contributed by atoms with Gasteiger partial charge in [-0.1, -0.05) is 6.92 Å². The lowest BCUT2D eigenvalue weighted by Gasteiger charge is -2.03. The molecule has 0 atom stereocenters. The Morgan fingerprint density at radius 3 is 2.75 bits per heavy atom. The third kappa shape index (κ3) is 1.92. The third-order valence-electron chi connectivity index (χ3n) is 1.54. The Hall–Kier alpha value is -1.16. The Morgan fingerprint density at radius 2 is 2.25 bits per heavy atom. The Labute approximate surface area is 71.8 Å². The summed E-state index contributed by atoms with van der Waals surface area (Å²) in [4.78, 5) is 8.33. The molecule has 0 aliphatic rings. The second-order valence-corrected chi connectivity index (χ2v) is 2.38. The highest BCUT2D eigenvalue weighted by Crippen LogP contribution is 2.08. The molecule has 1 heterocycles. The van der Waals surface area contributed by atoms with Crippen LogP contribution in [-0.2, 0) is 13.0 Å². The number of ether oxygens (including phenoxy) is 1. The van der Waals surface area contributed by atoms with E-state index in [2.05, 4.69) is 9.97 Å². The number of aryl methyl sites for hydroxylation is 1. The Kier molecular flexibility index (Phi) is 2.99. The molecule has 0 aromatic carbocycles. The molecule has 0 bridgehead atoms. The number of hydrogen-bond donors (Lipinski definition) is 1. The molecule has 0 spiro atoms. The van der Waals surface area contributed by atoms with Gasteiger partial charge in [0.05, 0.1) is 12.8 Å². The zero-order valence-corrected chi connectivity index (χ0v) is 7.37. The molecule has 4 nitrogen and oxygen atoms in total. The van der Waals surface area contributed by atoms with E-state index in [9.17, 15) is 0 Å². The van der Waals surface area contributed by atoms with Crippen molar-refractivity contribution in [3.05, 3.63) is 17.6 Å². The molecule has 0 amide bonds. The van der Waals surface area contributed by atoms with Crippen LogP contribution >= 0.6 is 0 Å². The Morgan fingerprint density at radius 1 is 1.50 bits per heavy atom. The molecule has 2 N–H and O–H groups in total. The van der Waals surface area contributed by atoms with Gasteiger partial charge in [-0.25, -0.2) is 4.98 Å². The minimum atomic E-state index is 0.423. The van der Waals surface area contributed by atoms with Gasteiger partial charge in [-0.05, 0) is 0 Å². The third-order valence-corrected chi connectivity index (χ3v) is 1.54. The molecule has 4 heteroatoms. The van der Waals surface area contributed by atoms with Gasteiger partial charge in [0.15, 0.2) is 0 Å². The predicted octanol–water partition coefficient (Wildman–Crippen LogP) is 0.506. The maximum absolute atomic E-state index is 5.45. The summed E-state index contributed by atoms with van der Waals surface area (Å²) in [7, 11) is 1.59. The van der Waals surface area contributed by atoms with Crippen molar-refractivity contribution in [2.45, 2.75) is 19.9 Å². The maximum Gasteiger partial charge on any atom is 0.216 e. The van der Waals surface area contributed by atoms with Crippen LogP contribution in [0.25, 0.3) is 0 Å². The molecule has 1 aromatic heterocycles. The number of nitrogens with two attached hydrogens (primary N) is 1. The van der Waals surface area contributed by atoms with Gasteiger partial charge in [-0.3, -0.25) is 0 Å². The zero-order chi connectivity index (χ0) is 8.97. The normalized spacial score (nSPS) is 9.92. The van der Waals surface area contributed by atoms with Crippen molar-refractivity contribution >= 4 is 0 Å². The molecule has 0 saturated carbocycles. The molecule has 0 fully saturated rings. The highest BCUT2D eigenvalue weighted by Gasteiger charge is 2.01. The molecule has 12 heavy (non-hydrogen) atoms. The van der Waals surface area contributed by atoms with Crippen molar-refractivity contribution in [1.82, 2.24) is 9.97 Å². The van der Waals surface area contributed by atoms with Gasteiger partial charge in [0.25, 0.3) is 0 Å². The fraction of sp³-hybridized carbons (Fsp3) is 0.500. The van der Waals surface area contributed by atoms with E-state index in [1.165, 1.54) is 0 Å². The largest absolute Gasteiger partial charge is 0.481 e. The average Bonchev–Trinajstić information content (AvgIpc) is 2.16. The van der Waals surface area contributed by atoms with Crippen LogP contribution in [0.3, 0.4) is 0 Å². The second kappa shape index (κ2) is 4.01. The van der Waals surface area contributed by atoms with Gasteiger partial charge in [0.1, 0.15) is 5.82 Å². The zero-order valence-electron chi connectivity index (χ0n) is 7.37. The summed E-state index contributed by atoms with van der Waals surface area (Å²) in [5.74, 6) is 1.36. The van der Waals surface area contributed by atoms with Gasteiger partial charge < -0.3 is 10.5 Å². The standard InChI is InChI=1S/C8H13N3O/c1-3-7-10-6(5-9)4-8(11-7)12-2/h4H,3,5,9H2,1-2H3. The number of rotatable bonds is 3. The first kappa shape index (κ1) is 8.93. The summed E-state index contributed by atoms with van der Waals surface area (Å²) < 4.78 is 4.99. The summed E-state index contributed by atoms with van der Waals surface area (Å²) in [5.41, 5.74) is 6.27. The molecule has 66 valence electrons. The van der Waals surface area contributed by atoms with E-state index >= 15 is 0 Å². The Bertz CT molecular complexity index is 207. The smallest absolute Gasteiger partial charge is 0.216 e. The van der Waals surface area contributed by atoms with E-state index in [0.717, 1.165) is 17.9 Å². The van der Waals surface area contributed by atoms with Gasteiger partial charge in [-0.15, -0.1) is 0 Å². The fourth-order valence-electron chi connectivity index (χ4n) is 0.892. The van der Waals surface area contributed by atoms with E-state index in [1.807, 2.05) is 6.92 Å². The summed E-state index contributed by atoms with van der Waals surface area (Å²) in [5, 5.41) is 0. The van der Waals surface area contributed by atoms with Crippen LogP contribution in [0.2, 0.25) is 0 Å². The Balaban J connectivity index is 3.01. The van der Waals surface area contributed by atoms with Crippen molar-refractivity contribution in [3.63, 3.8) is 0 Å². The van der Waals surface area contributed by atoms with E-state index in [0.29, 0.717) is 12.4 Å². The molecule has 0 unspecified atom stereocenters. The van der Waals surface area contributed by atoms with Crippen LogP contribution in [0.15, 0.2) is 6.07 Å². The molecule has 0 aliphatic heterocycles. The first-order valence-electron chi connectivity index (χ1n) is 3.91. The highest BCUT2D eigenvalue weighted by molar-refractivity contribution is 5.16. The predicted molar refractivity (Wildman–Crippen MR) is 45.9 cm³/mol. The van der Waals surface area contributed by atoms with Crippen LogP contribution < -0.4 is 10.5 Å². The molecule has 0 radical (unpaired) electrons. The SMILES string of the molecule is CCc1nc(CN)cc(OC)n1.